The third-order valence-corrected chi connectivity index (χ3v) is 3.76. The van der Waals surface area contributed by atoms with Gasteiger partial charge in [0.1, 0.15) is 0 Å². The van der Waals surface area contributed by atoms with Crippen molar-refractivity contribution in [2.75, 3.05) is 0 Å². The number of nitriles is 1. The molecule has 0 saturated heterocycles. The summed E-state index contributed by atoms with van der Waals surface area (Å²) in [7, 11) is 0. The van der Waals surface area contributed by atoms with E-state index in [1.54, 1.807) is 12.1 Å². The molecule has 4 heteroatoms. The molecule has 0 atom stereocenters. The molecule has 1 N–H and O–H groups in total. The third-order valence-electron chi connectivity index (χ3n) is 1.22. The van der Waals surface area contributed by atoms with E-state index in [0.29, 0.717) is 37.1 Å². The predicted molar refractivity (Wildman–Crippen MR) is 50.9 cm³/mol. The summed E-state index contributed by atoms with van der Waals surface area (Å²) < 4.78 is 1.67. The van der Waals surface area contributed by atoms with Crippen LogP contribution in [0.15, 0.2) is 12.1 Å². The molecule has 0 aliphatic carbocycles. The first-order valence-corrected chi connectivity index (χ1v) is 6.15. The summed E-state index contributed by atoms with van der Waals surface area (Å²) in [6, 6.07) is 5.47. The number of nitrogens with zero attached hydrogens (tertiary/aromatic N) is 1. The molecule has 0 unspecified atom stereocenters. The number of phenols is 1. The van der Waals surface area contributed by atoms with Gasteiger partial charge in [-0.2, -0.15) is 0 Å². The van der Waals surface area contributed by atoms with E-state index in [9.17, 15) is 5.11 Å². The van der Waals surface area contributed by atoms with Crippen molar-refractivity contribution in [1.29, 1.82) is 5.26 Å². The topological polar surface area (TPSA) is 44.0 Å². The van der Waals surface area contributed by atoms with Gasteiger partial charge in [0.05, 0.1) is 0 Å². The summed E-state index contributed by atoms with van der Waals surface area (Å²) in [4.78, 5) is 0. The first-order valence-electron chi connectivity index (χ1n) is 2.83. The number of hydrogen-bond donors (Lipinski definition) is 1. The molecule has 11 heavy (non-hydrogen) atoms. The van der Waals surface area contributed by atoms with Gasteiger partial charge in [0, 0.05) is 0 Å². The Morgan fingerprint density at radius 2 is 2.18 bits per heavy atom. The molecule has 1 rings (SSSR count). The maximum atomic E-state index is 9.35. The molecule has 0 fully saturated rings. The van der Waals surface area contributed by atoms with Crippen LogP contribution >= 0.6 is 22.6 Å². The van der Waals surface area contributed by atoms with Crippen molar-refractivity contribution in [3.63, 3.8) is 0 Å². The van der Waals surface area contributed by atoms with E-state index in [1.807, 2.05) is 28.7 Å². The summed E-state index contributed by atoms with van der Waals surface area (Å²) in [6.45, 7) is 0. The molecule has 2 nitrogen and oxygen atoms in total. The molecule has 0 amide bonds. The number of aromatic hydroxyl groups is 1. The van der Waals surface area contributed by atoms with Gasteiger partial charge in [-0.05, 0) is 0 Å². The number of benzene rings is 1. The van der Waals surface area contributed by atoms with Gasteiger partial charge in [0.2, 0.25) is 0 Å². The Labute approximate surface area is 94.1 Å². The van der Waals surface area contributed by atoms with Crippen molar-refractivity contribution in [3.05, 3.63) is 21.3 Å². The summed E-state index contributed by atoms with van der Waals surface area (Å²) >= 11 is 2.60. The van der Waals surface area contributed by atoms with Crippen molar-refractivity contribution in [2.24, 2.45) is 0 Å². The van der Waals surface area contributed by atoms with E-state index in [1.165, 1.54) is 0 Å². The summed E-state index contributed by atoms with van der Waals surface area (Å²) in [5.74, 6) is 0.342. The van der Waals surface area contributed by atoms with Crippen LogP contribution in [0.3, 0.4) is 0 Å². The Morgan fingerprint density at radius 3 is 2.64 bits per heavy atom. The molecule has 0 aromatic heterocycles. The molecule has 0 heterocycles. The van der Waals surface area contributed by atoms with Crippen molar-refractivity contribution in [3.8, 4) is 11.8 Å². The Balaban J connectivity index is 3.35. The maximum absolute atomic E-state index is 9.35. The number of phenolic OH excluding ortho intramolecular Hbond substituents is 1. The Kier molecular flexibility index (Phi) is 3.12. The van der Waals surface area contributed by atoms with Crippen LogP contribution in [0.4, 0.5) is 0 Å². The van der Waals surface area contributed by atoms with Gasteiger partial charge in [0.25, 0.3) is 0 Å². The molecule has 0 saturated carbocycles. The molecule has 1 aromatic rings. The van der Waals surface area contributed by atoms with E-state index in [4.69, 9.17) is 5.26 Å². The number of halogens is 1. The van der Waals surface area contributed by atoms with Gasteiger partial charge in [-0.25, -0.2) is 0 Å². The van der Waals surface area contributed by atoms with Gasteiger partial charge in [-0.3, -0.25) is 0 Å². The van der Waals surface area contributed by atoms with Gasteiger partial charge in [-0.15, -0.1) is 0 Å². The second-order valence-corrected chi connectivity index (χ2v) is 5.59. The molecule has 1 aromatic carbocycles. The fourth-order valence-electron chi connectivity index (χ4n) is 0.685. The molecule has 0 aliphatic heterocycles. The van der Waals surface area contributed by atoms with E-state index >= 15 is 0 Å². The van der Waals surface area contributed by atoms with Gasteiger partial charge >= 0.3 is 94.9 Å². The quantitative estimate of drug-likeness (QED) is 0.469. The van der Waals surface area contributed by atoms with E-state index < -0.39 is 0 Å². The SMILES string of the molecule is N#Cc1cc(I)c(O)[c]([Tl])c1. The fourth-order valence-corrected chi connectivity index (χ4v) is 3.78. The average molecular weight is 448 g/mol. The van der Waals surface area contributed by atoms with Crippen LogP contribution < -0.4 is 3.12 Å². The Morgan fingerprint density at radius 1 is 1.55 bits per heavy atom. The monoisotopic (exact) mass is 449 g/mol. The van der Waals surface area contributed by atoms with Gasteiger partial charge < -0.3 is 0 Å². The zero-order chi connectivity index (χ0) is 8.43. The van der Waals surface area contributed by atoms with E-state index in [2.05, 4.69) is 0 Å². The van der Waals surface area contributed by atoms with Crippen molar-refractivity contribution < 1.29 is 5.11 Å². The van der Waals surface area contributed by atoms with Crippen LogP contribution in [0.25, 0.3) is 0 Å². The Bertz CT molecular complexity index is 309. The number of rotatable bonds is 0. The average Bonchev–Trinajstić information content (AvgIpc) is 1.99. The predicted octanol–water partition coefficient (Wildman–Crippen LogP) is 0.662. The van der Waals surface area contributed by atoms with Crippen LogP contribution in [0.2, 0.25) is 0 Å². The molecular formula is C7H3INOTl. The molecule has 0 bridgehead atoms. The van der Waals surface area contributed by atoms with Crippen LogP contribution in [0.1, 0.15) is 5.56 Å². The minimum absolute atomic E-state index is 0.342. The molecule has 0 aliphatic rings. The second-order valence-electron chi connectivity index (χ2n) is 2.01. The molecule has 0 spiro atoms. The number of hydrogen-bond acceptors (Lipinski definition) is 2. The van der Waals surface area contributed by atoms with Crippen LogP contribution in [-0.4, -0.2) is 30.9 Å². The van der Waals surface area contributed by atoms with Crippen LogP contribution in [0, 0.1) is 14.9 Å². The zero-order valence-electron chi connectivity index (χ0n) is 5.50. The first kappa shape index (κ1) is 9.25. The Hall–Kier alpha value is 0.162. The summed E-state index contributed by atoms with van der Waals surface area (Å²) in [5.41, 5.74) is 0.629. The van der Waals surface area contributed by atoms with Crippen LogP contribution in [0.5, 0.6) is 5.75 Å². The standard InChI is InChI=1S/C7H3INO.Tl/c8-6-3-5(4-9)1-2-7(6)10;/h1,3,10H;. The van der Waals surface area contributed by atoms with Crippen molar-refractivity contribution >= 4 is 51.5 Å². The van der Waals surface area contributed by atoms with E-state index in [0.717, 1.165) is 6.69 Å². The van der Waals surface area contributed by atoms with Crippen molar-refractivity contribution in [2.45, 2.75) is 0 Å². The van der Waals surface area contributed by atoms with Crippen LogP contribution in [-0.2, 0) is 0 Å². The minimum atomic E-state index is 0.342. The molecule has 0 radical (unpaired) electrons. The van der Waals surface area contributed by atoms with E-state index in [-0.39, 0.29) is 0 Å². The third kappa shape index (κ3) is 2.05. The van der Waals surface area contributed by atoms with Gasteiger partial charge in [-0.1, -0.05) is 0 Å². The normalized spacial score (nSPS) is 9.00. The first-order chi connectivity index (χ1) is 5.15. The molecule has 52 valence electrons. The summed E-state index contributed by atoms with van der Waals surface area (Å²) in [6.07, 6.45) is 0. The van der Waals surface area contributed by atoms with Gasteiger partial charge in [0.15, 0.2) is 0 Å². The van der Waals surface area contributed by atoms with Crippen molar-refractivity contribution in [1.82, 2.24) is 0 Å². The molecular weight excluding hydrogens is 445 g/mol. The zero-order valence-corrected chi connectivity index (χ0v) is 12.2. The summed E-state index contributed by atoms with van der Waals surface area (Å²) in [5, 5.41) is 17.9. The fraction of sp³-hybridized carbons (Fsp3) is 0. The second kappa shape index (κ2) is 3.71.